The van der Waals surface area contributed by atoms with Crippen molar-refractivity contribution in [2.45, 2.75) is 19.0 Å². The molecule has 0 fully saturated rings. The molecule has 0 radical (unpaired) electrons. The lowest BCUT2D eigenvalue weighted by Crippen LogP contribution is -2.46. The van der Waals surface area contributed by atoms with Gasteiger partial charge in [-0.25, -0.2) is 0 Å². The summed E-state index contributed by atoms with van der Waals surface area (Å²) in [5, 5.41) is 10.7. The van der Waals surface area contributed by atoms with Crippen molar-refractivity contribution in [2.75, 3.05) is 6.73 Å². The predicted octanol–water partition coefficient (Wildman–Crippen LogP) is 3.08. The smallest absolute Gasteiger partial charge is 0.321 e. The van der Waals surface area contributed by atoms with Crippen molar-refractivity contribution in [3.63, 3.8) is 0 Å². The molecule has 0 aliphatic carbocycles. The van der Waals surface area contributed by atoms with Gasteiger partial charge in [-0.05, 0) is 18.1 Å². The van der Waals surface area contributed by atoms with E-state index in [1.165, 1.54) is 0 Å². The molecule has 0 saturated carbocycles. The molecule has 2 aromatic carbocycles. The number of hydrogen-bond acceptors (Lipinski definition) is 4. The first-order valence-electron chi connectivity index (χ1n) is 8.22. The highest BCUT2D eigenvalue weighted by atomic mass is 16.5. The summed E-state index contributed by atoms with van der Waals surface area (Å²) in [6.07, 6.45) is 2.19. The van der Waals surface area contributed by atoms with E-state index in [4.69, 9.17) is 4.74 Å². The van der Waals surface area contributed by atoms with E-state index < -0.39 is 12.0 Å². The van der Waals surface area contributed by atoms with Crippen LogP contribution in [0, 0.1) is 0 Å². The van der Waals surface area contributed by atoms with Gasteiger partial charge in [0.15, 0.2) is 5.75 Å². The van der Waals surface area contributed by atoms with Crippen molar-refractivity contribution in [3.8, 4) is 5.75 Å². The third-order valence-corrected chi connectivity index (χ3v) is 4.56. The molecule has 1 aliphatic heterocycles. The molecule has 1 aromatic heterocycles. The second-order valence-corrected chi connectivity index (χ2v) is 6.19. The van der Waals surface area contributed by atoms with Crippen LogP contribution in [0.3, 0.4) is 0 Å². The lowest BCUT2D eigenvalue weighted by atomic mass is 10.0. The molecule has 1 aliphatic rings. The normalized spacial score (nSPS) is 15.4. The number of fused-ring (bicyclic) bond motifs is 3. The van der Waals surface area contributed by atoms with Crippen LogP contribution in [0.5, 0.6) is 5.75 Å². The second kappa shape index (κ2) is 6.53. The highest BCUT2D eigenvalue weighted by Crippen LogP contribution is 2.33. The fourth-order valence-corrected chi connectivity index (χ4v) is 3.27. The average molecular weight is 334 g/mol. The fraction of sp³-hybridized carbons (Fsp3) is 0.200. The molecule has 4 rings (SSSR count). The van der Waals surface area contributed by atoms with E-state index in [0.29, 0.717) is 13.0 Å². The van der Waals surface area contributed by atoms with Gasteiger partial charge in [-0.1, -0.05) is 48.5 Å². The van der Waals surface area contributed by atoms with E-state index in [9.17, 15) is 9.90 Å². The maximum absolute atomic E-state index is 11.8. The largest absolute Gasteiger partial charge is 0.480 e. The number of pyridine rings is 1. The number of hydrogen-bond donors (Lipinski definition) is 1. The van der Waals surface area contributed by atoms with Crippen LogP contribution < -0.4 is 4.74 Å². The van der Waals surface area contributed by atoms with Gasteiger partial charge in [0.25, 0.3) is 0 Å². The monoisotopic (exact) mass is 334 g/mol. The minimum absolute atomic E-state index is 0.243. The second-order valence-electron chi connectivity index (χ2n) is 6.19. The minimum Gasteiger partial charge on any atom is -0.480 e. The minimum atomic E-state index is -0.838. The van der Waals surface area contributed by atoms with Crippen molar-refractivity contribution in [1.29, 1.82) is 0 Å². The Morgan fingerprint density at radius 1 is 1.16 bits per heavy atom. The quantitative estimate of drug-likeness (QED) is 0.794. The molecule has 3 aromatic rings. The van der Waals surface area contributed by atoms with Gasteiger partial charge >= 0.3 is 5.97 Å². The number of carboxylic acid groups (broad SMARTS) is 1. The molecular formula is C20H18N2O3. The van der Waals surface area contributed by atoms with Gasteiger partial charge in [0, 0.05) is 23.7 Å². The van der Waals surface area contributed by atoms with Crippen LogP contribution in [0.15, 0.2) is 60.8 Å². The summed E-state index contributed by atoms with van der Waals surface area (Å²) in [6.45, 7) is 0.776. The van der Waals surface area contributed by atoms with Gasteiger partial charge in [-0.3, -0.25) is 14.7 Å². The van der Waals surface area contributed by atoms with E-state index >= 15 is 0 Å². The van der Waals surface area contributed by atoms with Crippen LogP contribution in [0.4, 0.5) is 0 Å². The number of benzene rings is 2. The van der Waals surface area contributed by atoms with E-state index in [1.54, 1.807) is 6.20 Å². The van der Waals surface area contributed by atoms with Crippen molar-refractivity contribution < 1.29 is 14.6 Å². The zero-order chi connectivity index (χ0) is 17.2. The summed E-state index contributed by atoms with van der Waals surface area (Å²) >= 11 is 0. The number of aliphatic carboxylic acids is 1. The molecule has 2 heterocycles. The Hall–Kier alpha value is -2.92. The summed E-state index contributed by atoms with van der Waals surface area (Å²) in [6, 6.07) is 16.9. The molecule has 0 bridgehead atoms. The molecule has 0 unspecified atom stereocenters. The van der Waals surface area contributed by atoms with E-state index in [1.807, 2.05) is 59.5 Å². The van der Waals surface area contributed by atoms with E-state index in [-0.39, 0.29) is 6.73 Å². The predicted molar refractivity (Wildman–Crippen MR) is 94.4 cm³/mol. The van der Waals surface area contributed by atoms with Crippen molar-refractivity contribution in [1.82, 2.24) is 9.88 Å². The van der Waals surface area contributed by atoms with Gasteiger partial charge in [0.1, 0.15) is 18.3 Å². The van der Waals surface area contributed by atoms with Gasteiger partial charge in [-0.2, -0.15) is 0 Å². The number of ether oxygens (including phenoxy) is 1. The Kier molecular flexibility index (Phi) is 4.07. The Morgan fingerprint density at radius 3 is 2.80 bits per heavy atom. The number of carboxylic acids is 1. The lowest BCUT2D eigenvalue weighted by Gasteiger charge is -2.33. The Morgan fingerprint density at radius 2 is 2.00 bits per heavy atom. The molecular weight excluding hydrogens is 316 g/mol. The van der Waals surface area contributed by atoms with Gasteiger partial charge in [0.2, 0.25) is 0 Å². The molecule has 0 saturated heterocycles. The number of carbonyl (C=O) groups is 1. The third-order valence-electron chi connectivity index (χ3n) is 4.56. The number of nitrogens with zero attached hydrogens (tertiary/aromatic N) is 2. The van der Waals surface area contributed by atoms with E-state index in [2.05, 4.69) is 4.98 Å². The van der Waals surface area contributed by atoms with Crippen LogP contribution in [0.2, 0.25) is 0 Å². The lowest BCUT2D eigenvalue weighted by molar-refractivity contribution is -0.145. The molecule has 0 spiro atoms. The number of aromatic nitrogens is 1. The Balaban J connectivity index is 1.61. The number of rotatable bonds is 4. The van der Waals surface area contributed by atoms with Gasteiger partial charge in [0.05, 0.1) is 0 Å². The molecule has 25 heavy (non-hydrogen) atoms. The molecule has 5 nitrogen and oxygen atoms in total. The van der Waals surface area contributed by atoms with Gasteiger partial charge < -0.3 is 9.84 Å². The van der Waals surface area contributed by atoms with Crippen LogP contribution in [0.1, 0.15) is 11.1 Å². The summed E-state index contributed by atoms with van der Waals surface area (Å²) in [5.41, 5.74) is 2.80. The SMILES string of the molecule is O=C(O)[C@H](Cc1ccccc1)N1COc2c(ccc3cccnc23)C1. The van der Waals surface area contributed by atoms with Crippen molar-refractivity contribution in [2.24, 2.45) is 0 Å². The molecule has 126 valence electrons. The standard InChI is InChI=1S/C20H18N2O3/c23-20(24)17(11-14-5-2-1-3-6-14)22-12-16-9-8-15-7-4-10-21-18(15)19(16)25-13-22/h1-10,17H,11-13H2,(H,23,24)/t17-/m0/s1. The van der Waals surface area contributed by atoms with Crippen LogP contribution >= 0.6 is 0 Å². The highest BCUT2D eigenvalue weighted by molar-refractivity contribution is 5.86. The first kappa shape index (κ1) is 15.6. The summed E-state index contributed by atoms with van der Waals surface area (Å²) in [7, 11) is 0. The average Bonchev–Trinajstić information content (AvgIpc) is 2.66. The molecule has 1 N–H and O–H groups in total. The van der Waals surface area contributed by atoms with Crippen molar-refractivity contribution in [3.05, 3.63) is 71.9 Å². The first-order valence-corrected chi connectivity index (χ1v) is 8.22. The summed E-state index contributed by atoms with van der Waals surface area (Å²) in [4.78, 5) is 18.1. The van der Waals surface area contributed by atoms with E-state index in [0.717, 1.165) is 27.8 Å². The van der Waals surface area contributed by atoms with Crippen LogP contribution in [0.25, 0.3) is 10.9 Å². The molecule has 1 atom stereocenters. The topological polar surface area (TPSA) is 62.7 Å². The van der Waals surface area contributed by atoms with Crippen molar-refractivity contribution >= 4 is 16.9 Å². The summed E-state index contributed by atoms with van der Waals surface area (Å²) < 4.78 is 5.92. The zero-order valence-corrected chi connectivity index (χ0v) is 13.6. The zero-order valence-electron chi connectivity index (χ0n) is 13.6. The fourth-order valence-electron chi connectivity index (χ4n) is 3.27. The van der Waals surface area contributed by atoms with Crippen LogP contribution in [-0.2, 0) is 17.8 Å². The molecule has 5 heteroatoms. The maximum atomic E-state index is 11.8. The summed E-state index contributed by atoms with van der Waals surface area (Å²) in [5.74, 6) is -0.0759. The first-order chi connectivity index (χ1) is 12.2. The van der Waals surface area contributed by atoms with Crippen LogP contribution in [-0.4, -0.2) is 33.7 Å². The van der Waals surface area contributed by atoms with Gasteiger partial charge in [-0.15, -0.1) is 0 Å². The Labute approximate surface area is 145 Å². The Bertz CT molecular complexity index is 911. The highest BCUT2D eigenvalue weighted by Gasteiger charge is 2.30. The maximum Gasteiger partial charge on any atom is 0.321 e. The third kappa shape index (κ3) is 3.06. The molecule has 0 amide bonds.